The number of methoxy groups -OCH3 is 4. The molecule has 220 valence electrons. The van der Waals surface area contributed by atoms with E-state index in [0.29, 0.717) is 58.1 Å². The quantitative estimate of drug-likeness (QED) is 0.291. The van der Waals surface area contributed by atoms with E-state index in [9.17, 15) is 9.59 Å². The average Bonchev–Trinajstić information content (AvgIpc) is 3.01. The molecule has 0 N–H and O–H groups in total. The van der Waals surface area contributed by atoms with E-state index in [-0.39, 0.29) is 17.8 Å². The minimum absolute atomic E-state index is 0.106. The lowest BCUT2D eigenvalue weighted by atomic mass is 9.95. The molecule has 4 aromatic rings. The largest absolute Gasteiger partial charge is 0.493 e. The van der Waals surface area contributed by atoms with Crippen LogP contribution in [0.4, 0.5) is 5.82 Å². The molecule has 0 spiro atoms. The zero-order valence-electron chi connectivity index (χ0n) is 24.8. The van der Waals surface area contributed by atoms with E-state index in [1.807, 2.05) is 19.1 Å². The molecule has 3 aromatic heterocycles. The number of carbonyl (C=O) groups excluding carboxylic acids is 1. The molecule has 4 heterocycles. The molecule has 0 aliphatic carbocycles. The van der Waals surface area contributed by atoms with Gasteiger partial charge in [0.05, 0.1) is 40.4 Å². The van der Waals surface area contributed by atoms with Crippen molar-refractivity contribution in [3.05, 3.63) is 70.0 Å². The van der Waals surface area contributed by atoms with Crippen molar-refractivity contribution in [1.82, 2.24) is 19.4 Å². The molecule has 0 unspecified atom stereocenters. The van der Waals surface area contributed by atoms with Crippen LogP contribution in [0, 0.1) is 6.92 Å². The number of aryl methyl sites for hydroxylation is 1. The summed E-state index contributed by atoms with van der Waals surface area (Å²) in [6.45, 7) is 5.10. The first kappa shape index (κ1) is 28.9. The van der Waals surface area contributed by atoms with Gasteiger partial charge in [-0.3, -0.25) is 14.3 Å². The predicted molar refractivity (Wildman–Crippen MR) is 160 cm³/mol. The third-order valence-electron chi connectivity index (χ3n) is 7.60. The summed E-state index contributed by atoms with van der Waals surface area (Å²) in [5, 5.41) is 0.991. The van der Waals surface area contributed by atoms with Gasteiger partial charge in [-0.05, 0) is 55.4 Å². The summed E-state index contributed by atoms with van der Waals surface area (Å²) >= 11 is 0. The van der Waals surface area contributed by atoms with E-state index >= 15 is 0 Å². The highest BCUT2D eigenvalue weighted by atomic mass is 16.5. The fourth-order valence-electron chi connectivity index (χ4n) is 5.49. The number of pyridine rings is 3. The molecule has 1 aromatic carbocycles. The summed E-state index contributed by atoms with van der Waals surface area (Å²) in [4.78, 5) is 41.5. The molecule has 42 heavy (non-hydrogen) atoms. The molecule has 0 amide bonds. The highest BCUT2D eigenvalue weighted by molar-refractivity contribution is 6.09. The van der Waals surface area contributed by atoms with E-state index in [0.717, 1.165) is 24.3 Å². The van der Waals surface area contributed by atoms with Gasteiger partial charge in [0.1, 0.15) is 11.5 Å². The van der Waals surface area contributed by atoms with Crippen LogP contribution in [0.2, 0.25) is 0 Å². The summed E-state index contributed by atoms with van der Waals surface area (Å²) in [5.74, 6) is 1.16. The second-order valence-corrected chi connectivity index (χ2v) is 10.2. The minimum Gasteiger partial charge on any atom is -0.493 e. The van der Waals surface area contributed by atoms with Gasteiger partial charge in [0.15, 0.2) is 11.5 Å². The zero-order valence-corrected chi connectivity index (χ0v) is 24.8. The number of fused-ring (bicyclic) bond motifs is 1. The van der Waals surface area contributed by atoms with Crippen molar-refractivity contribution in [1.29, 1.82) is 0 Å². The van der Waals surface area contributed by atoms with E-state index in [1.54, 1.807) is 30.6 Å². The summed E-state index contributed by atoms with van der Waals surface area (Å²) < 4.78 is 23.6. The van der Waals surface area contributed by atoms with Gasteiger partial charge in [-0.25, -0.2) is 9.78 Å². The third kappa shape index (κ3) is 5.23. The topological polar surface area (TPSA) is 108 Å². The minimum atomic E-state index is -0.651. The van der Waals surface area contributed by atoms with Gasteiger partial charge in [-0.1, -0.05) is 0 Å². The van der Waals surface area contributed by atoms with Crippen LogP contribution in [0.1, 0.15) is 21.7 Å². The van der Waals surface area contributed by atoms with Crippen LogP contribution >= 0.6 is 0 Å². The first-order valence-electron chi connectivity index (χ1n) is 13.6. The Morgan fingerprint density at radius 3 is 2.17 bits per heavy atom. The highest BCUT2D eigenvalue weighted by Crippen LogP contribution is 2.44. The Balaban J connectivity index is 1.91. The van der Waals surface area contributed by atoms with Crippen molar-refractivity contribution in [2.75, 3.05) is 66.6 Å². The number of ether oxygens (including phenoxy) is 4. The maximum atomic E-state index is 14.5. The van der Waals surface area contributed by atoms with Gasteiger partial charge in [0.25, 0.3) is 5.56 Å². The van der Waals surface area contributed by atoms with E-state index in [2.05, 4.69) is 21.8 Å². The van der Waals surface area contributed by atoms with Gasteiger partial charge in [-0.15, -0.1) is 0 Å². The van der Waals surface area contributed by atoms with Crippen molar-refractivity contribution in [3.63, 3.8) is 0 Å². The zero-order chi connectivity index (χ0) is 30.0. The van der Waals surface area contributed by atoms with Crippen molar-refractivity contribution in [2.24, 2.45) is 0 Å². The van der Waals surface area contributed by atoms with Crippen LogP contribution in [0.15, 0.2) is 47.5 Å². The van der Waals surface area contributed by atoms with Crippen LogP contribution in [-0.4, -0.2) is 87.1 Å². The Bertz CT molecular complexity index is 1670. The van der Waals surface area contributed by atoms with Crippen LogP contribution < -0.4 is 24.7 Å². The fraction of sp³-hybridized carbons (Fsp3) is 0.355. The van der Waals surface area contributed by atoms with Crippen molar-refractivity contribution in [2.45, 2.75) is 13.5 Å². The lowest BCUT2D eigenvalue weighted by Crippen LogP contribution is -2.45. The molecule has 0 bridgehead atoms. The Labute approximate surface area is 244 Å². The molecule has 1 saturated heterocycles. The highest BCUT2D eigenvalue weighted by Gasteiger charge is 2.29. The molecule has 11 heteroatoms. The van der Waals surface area contributed by atoms with Crippen LogP contribution in [-0.2, 0) is 11.3 Å². The van der Waals surface area contributed by atoms with Crippen LogP contribution in [0.3, 0.4) is 0 Å². The number of likely N-dealkylation sites (N-methyl/N-ethyl adjacent to an activating group) is 1. The van der Waals surface area contributed by atoms with Crippen molar-refractivity contribution < 1.29 is 23.7 Å². The Hall–Kier alpha value is -4.64. The van der Waals surface area contributed by atoms with Crippen LogP contribution in [0.25, 0.3) is 21.9 Å². The van der Waals surface area contributed by atoms with Gasteiger partial charge in [-0.2, -0.15) is 0 Å². The average molecular weight is 574 g/mol. The molecule has 5 rings (SSSR count). The van der Waals surface area contributed by atoms with E-state index in [1.165, 1.54) is 33.0 Å². The standard InChI is InChI=1S/C31H35N5O6/c1-19-15-20(7-9-32-19)18-36-27(31(38)42-6)25(21-16-23(39-3)28(41-5)24(17-21)40-4)22-8-10-33-29(26(22)30(36)37)35-13-11-34(2)12-14-35/h7-10,15-17H,11-14,18H2,1-6H3. The summed E-state index contributed by atoms with van der Waals surface area (Å²) in [6.07, 6.45) is 3.36. The number of carbonyl (C=O) groups is 1. The number of hydrogen-bond acceptors (Lipinski definition) is 10. The normalized spacial score (nSPS) is 13.7. The molecule has 1 fully saturated rings. The molecule has 11 nitrogen and oxygen atoms in total. The Morgan fingerprint density at radius 1 is 0.905 bits per heavy atom. The smallest absolute Gasteiger partial charge is 0.355 e. The second kappa shape index (κ2) is 12.1. The first-order chi connectivity index (χ1) is 20.3. The Kier molecular flexibility index (Phi) is 8.30. The van der Waals surface area contributed by atoms with Crippen molar-refractivity contribution in [3.8, 4) is 28.4 Å². The molecule has 0 radical (unpaired) electrons. The molecular formula is C31H35N5O6. The maximum absolute atomic E-state index is 14.5. The fourth-order valence-corrected chi connectivity index (χ4v) is 5.49. The third-order valence-corrected chi connectivity index (χ3v) is 7.60. The Morgan fingerprint density at radius 2 is 1.57 bits per heavy atom. The van der Waals surface area contributed by atoms with Gasteiger partial charge >= 0.3 is 5.97 Å². The second-order valence-electron chi connectivity index (χ2n) is 10.2. The number of anilines is 1. The molecule has 1 aliphatic heterocycles. The number of piperazine rings is 1. The summed E-state index contributed by atoms with van der Waals surface area (Å²) in [7, 11) is 7.97. The summed E-state index contributed by atoms with van der Waals surface area (Å²) in [6, 6.07) is 9.02. The summed E-state index contributed by atoms with van der Waals surface area (Å²) in [5.41, 5.74) is 2.47. The molecular weight excluding hydrogens is 538 g/mol. The van der Waals surface area contributed by atoms with Crippen molar-refractivity contribution >= 4 is 22.6 Å². The van der Waals surface area contributed by atoms with Crippen LogP contribution in [0.5, 0.6) is 17.2 Å². The predicted octanol–water partition coefficient (Wildman–Crippen LogP) is 3.38. The number of hydrogen-bond donors (Lipinski definition) is 0. The number of aromatic nitrogens is 3. The lowest BCUT2D eigenvalue weighted by Gasteiger charge is -2.34. The molecule has 1 aliphatic rings. The first-order valence-corrected chi connectivity index (χ1v) is 13.6. The van der Waals surface area contributed by atoms with Gasteiger partial charge in [0, 0.05) is 55.2 Å². The van der Waals surface area contributed by atoms with Gasteiger partial charge < -0.3 is 28.7 Å². The molecule has 0 saturated carbocycles. The number of benzene rings is 1. The SMILES string of the molecule is COC(=O)c1c(-c2cc(OC)c(OC)c(OC)c2)c2ccnc(N3CCN(C)CC3)c2c(=O)n1Cc1ccnc(C)c1. The monoisotopic (exact) mass is 573 g/mol. The van der Waals surface area contributed by atoms with Gasteiger partial charge in [0.2, 0.25) is 5.75 Å². The lowest BCUT2D eigenvalue weighted by molar-refractivity contribution is 0.0588. The molecule has 0 atom stereocenters. The maximum Gasteiger partial charge on any atom is 0.355 e. The number of nitrogens with zero attached hydrogens (tertiary/aromatic N) is 5. The van der Waals surface area contributed by atoms with E-state index < -0.39 is 5.97 Å². The van der Waals surface area contributed by atoms with E-state index in [4.69, 9.17) is 23.9 Å². The number of esters is 1. The number of rotatable bonds is 8.